The molecule has 6 nitrogen and oxygen atoms in total. The van der Waals surface area contributed by atoms with Crippen molar-refractivity contribution in [3.05, 3.63) is 47.5 Å². The van der Waals surface area contributed by atoms with Crippen molar-refractivity contribution in [1.82, 2.24) is 25.0 Å². The summed E-state index contributed by atoms with van der Waals surface area (Å²) in [5, 5.41) is 10.8. The van der Waals surface area contributed by atoms with Gasteiger partial charge in [-0.05, 0) is 57.3 Å². The summed E-state index contributed by atoms with van der Waals surface area (Å²) < 4.78 is 128. The van der Waals surface area contributed by atoms with Crippen molar-refractivity contribution in [3.8, 4) is 0 Å². The van der Waals surface area contributed by atoms with Crippen LogP contribution in [0.25, 0.3) is 0 Å². The number of benzene rings is 1. The second-order valence-corrected chi connectivity index (χ2v) is 10.1. The summed E-state index contributed by atoms with van der Waals surface area (Å²) >= 11 is 0. The number of aromatic nitrogens is 3. The van der Waals surface area contributed by atoms with E-state index in [0.29, 0.717) is 30.8 Å². The van der Waals surface area contributed by atoms with Crippen LogP contribution in [0.1, 0.15) is 123 Å². The van der Waals surface area contributed by atoms with Gasteiger partial charge in [0.05, 0.1) is 6.04 Å². The van der Waals surface area contributed by atoms with E-state index in [1.807, 2.05) is 0 Å². The molecule has 0 radical (unpaired) electrons. The number of alkyl halides is 2. The fourth-order valence-corrected chi connectivity index (χ4v) is 5.95. The van der Waals surface area contributed by atoms with Gasteiger partial charge >= 0.3 is 0 Å². The minimum Gasteiger partial charge on any atom is -0.349 e. The molecule has 3 heterocycles. The summed E-state index contributed by atoms with van der Waals surface area (Å²) in [7, 11) is 0. The summed E-state index contributed by atoms with van der Waals surface area (Å²) in [4.78, 5) is 16.0. The van der Waals surface area contributed by atoms with Crippen LogP contribution in [0.4, 0.5) is 8.78 Å². The molecule has 0 spiro atoms. The van der Waals surface area contributed by atoms with E-state index in [1.165, 1.54) is 6.92 Å². The third-order valence-corrected chi connectivity index (χ3v) is 7.63. The molecule has 1 aromatic carbocycles. The quantitative estimate of drug-likeness (QED) is 0.463. The van der Waals surface area contributed by atoms with Crippen LogP contribution in [0.2, 0.25) is 0 Å². The van der Waals surface area contributed by atoms with Crippen molar-refractivity contribution in [2.75, 3.05) is 6.54 Å². The van der Waals surface area contributed by atoms with Crippen LogP contribution in [-0.4, -0.2) is 50.1 Å². The van der Waals surface area contributed by atoms with Gasteiger partial charge < -0.3 is 9.88 Å². The van der Waals surface area contributed by atoms with Crippen LogP contribution in [0, 0.1) is 12.8 Å². The number of nitrogens with zero attached hydrogens (tertiary/aromatic N) is 4. The topological polar surface area (TPSA) is 63.1 Å². The molecular weight excluding hydrogens is 472 g/mol. The Morgan fingerprint density at radius 1 is 1.19 bits per heavy atom. The second kappa shape index (κ2) is 10.8. The number of rotatable bonds is 8. The first-order valence-corrected chi connectivity index (χ1v) is 12.7. The van der Waals surface area contributed by atoms with Crippen LogP contribution < -0.4 is 5.32 Å². The predicted octanol–water partition coefficient (Wildman–Crippen LogP) is 5.95. The van der Waals surface area contributed by atoms with Crippen molar-refractivity contribution < 1.29 is 30.0 Å². The minimum absolute atomic E-state index is 0.0404. The molecular formula is C29H41F2N5O. The molecule has 1 aliphatic carbocycles. The van der Waals surface area contributed by atoms with Crippen LogP contribution >= 0.6 is 0 Å². The van der Waals surface area contributed by atoms with E-state index in [1.54, 1.807) is 41.8 Å². The van der Waals surface area contributed by atoms with Crippen molar-refractivity contribution in [3.63, 3.8) is 0 Å². The van der Waals surface area contributed by atoms with Crippen LogP contribution in [0.15, 0.2) is 30.3 Å². The fourth-order valence-electron chi connectivity index (χ4n) is 5.95. The predicted molar refractivity (Wildman–Crippen MR) is 139 cm³/mol. The molecule has 37 heavy (non-hydrogen) atoms. The Kier molecular flexibility index (Phi) is 4.46. The van der Waals surface area contributed by atoms with Crippen molar-refractivity contribution in [2.45, 2.75) is 114 Å². The van der Waals surface area contributed by atoms with Gasteiger partial charge in [-0.25, -0.2) is 8.78 Å². The molecule has 3 fully saturated rings. The number of nitrogens with one attached hydrogen (secondary N) is 1. The number of amides is 1. The lowest BCUT2D eigenvalue weighted by Crippen LogP contribution is -2.45. The zero-order valence-electron chi connectivity index (χ0n) is 33.0. The molecule has 8 heteroatoms. The van der Waals surface area contributed by atoms with E-state index in [0.717, 1.165) is 12.8 Å². The first-order valence-electron chi connectivity index (χ1n) is 18.7. The van der Waals surface area contributed by atoms with Gasteiger partial charge in [-0.3, -0.25) is 9.69 Å². The van der Waals surface area contributed by atoms with Gasteiger partial charge in [-0.1, -0.05) is 44.1 Å². The summed E-state index contributed by atoms with van der Waals surface area (Å²) in [6.45, 7) is 0.804. The average Bonchev–Trinajstić information content (AvgIpc) is 3.49. The van der Waals surface area contributed by atoms with E-state index >= 15 is 0 Å². The molecule has 3 aliphatic rings. The molecule has 2 saturated heterocycles. The Morgan fingerprint density at radius 2 is 1.86 bits per heavy atom. The standard InChI is InChI=1S/C29H41F2N5O/c1-19(2)27-34-33-20(3)36(27)25-17-23-9-10-24(18-25)35(23)16-13-26(21-7-5-4-6-8-21)32-28(37)22-11-14-29(30,31)15-12-22/h4-8,19,22-26H,9-18H2,1-3H3,(H,32,37)/i1D3,11D2,12D2,14D2,15D2,19D. The molecule has 202 valence electrons. The summed E-state index contributed by atoms with van der Waals surface area (Å²) in [5.74, 6) is -10.7. The Morgan fingerprint density at radius 3 is 2.51 bits per heavy atom. The van der Waals surface area contributed by atoms with E-state index < -0.39 is 62.0 Å². The third-order valence-electron chi connectivity index (χ3n) is 7.63. The summed E-state index contributed by atoms with van der Waals surface area (Å²) in [6, 6.07) is 7.52. The maximum atomic E-state index is 15.0. The van der Waals surface area contributed by atoms with Gasteiger partial charge in [0.25, 0.3) is 0 Å². The Balaban J connectivity index is 1.37. The molecule has 1 N–H and O–H groups in total. The van der Waals surface area contributed by atoms with Crippen LogP contribution in [0.5, 0.6) is 0 Å². The second-order valence-electron chi connectivity index (χ2n) is 10.1. The Bertz CT molecular complexity index is 1510. The summed E-state index contributed by atoms with van der Waals surface area (Å²) in [5.41, 5.74) is 0.551. The van der Waals surface area contributed by atoms with Gasteiger partial charge in [0.15, 0.2) is 0 Å². The van der Waals surface area contributed by atoms with Gasteiger partial charge in [0.2, 0.25) is 11.8 Å². The first-order chi connectivity index (χ1) is 22.3. The van der Waals surface area contributed by atoms with Crippen molar-refractivity contribution in [1.29, 1.82) is 0 Å². The number of halogens is 2. The van der Waals surface area contributed by atoms with Gasteiger partial charge in [-0.2, -0.15) is 0 Å². The highest BCUT2D eigenvalue weighted by molar-refractivity contribution is 5.79. The number of carbonyl (C=O) groups excluding carboxylic acids is 1. The highest BCUT2D eigenvalue weighted by atomic mass is 19.3. The summed E-state index contributed by atoms with van der Waals surface area (Å²) in [6.07, 6.45) is -12.9. The van der Waals surface area contributed by atoms with Gasteiger partial charge in [0.1, 0.15) is 11.6 Å². The highest BCUT2D eigenvalue weighted by Crippen LogP contribution is 2.42. The number of hydrogen-bond donors (Lipinski definition) is 1. The lowest BCUT2D eigenvalue weighted by Gasteiger charge is -2.40. The van der Waals surface area contributed by atoms with Crippen LogP contribution in [-0.2, 0) is 4.79 Å². The monoisotopic (exact) mass is 525 g/mol. The fraction of sp³-hybridized carbons (Fsp3) is 0.690. The third kappa shape index (κ3) is 5.74. The molecule has 4 unspecified atom stereocenters. The van der Waals surface area contributed by atoms with Crippen molar-refractivity contribution >= 4 is 5.91 Å². The van der Waals surface area contributed by atoms with Crippen LogP contribution in [0.3, 0.4) is 0 Å². The Hall–Kier alpha value is -2.35. The SMILES string of the molecule is [2H]C([2H])([2H])C([2H])(C)c1nnc(C)n1C1CC2CCC(C1)N2CCC(NC(=O)C1C([2H])([2H])C([2H])([2H])C(F)(F)C([2H])([2H])C1([2H])[2H])c1ccccc1. The Labute approximate surface area is 236 Å². The zero-order valence-corrected chi connectivity index (χ0v) is 21.0. The van der Waals surface area contributed by atoms with Gasteiger partial charge in [0, 0.05) is 65.7 Å². The molecule has 2 bridgehead atoms. The van der Waals surface area contributed by atoms with E-state index in [-0.39, 0.29) is 30.4 Å². The molecule has 5 rings (SSSR count). The molecule has 4 atom stereocenters. The lowest BCUT2D eigenvalue weighted by atomic mass is 9.86. The van der Waals surface area contributed by atoms with E-state index in [2.05, 4.69) is 20.4 Å². The van der Waals surface area contributed by atoms with Crippen molar-refractivity contribution in [2.24, 2.45) is 5.92 Å². The molecule has 1 saturated carbocycles. The maximum absolute atomic E-state index is 15.0. The first kappa shape index (κ1) is 15.3. The number of carbonyl (C=O) groups is 1. The minimum atomic E-state index is -5.09. The molecule has 1 aromatic heterocycles. The maximum Gasteiger partial charge on any atom is 0.248 e. The average molecular weight is 526 g/mol. The number of aryl methyl sites for hydroxylation is 1. The normalized spacial score (nSPS) is 39.1. The molecule has 2 aliphatic heterocycles. The largest absolute Gasteiger partial charge is 0.349 e. The lowest BCUT2D eigenvalue weighted by molar-refractivity contribution is -0.130. The smallest absolute Gasteiger partial charge is 0.248 e. The highest BCUT2D eigenvalue weighted by Gasteiger charge is 2.42. The number of hydrogen-bond acceptors (Lipinski definition) is 4. The number of piperidine rings is 1. The number of fused-ring (bicyclic) bond motifs is 2. The molecule has 2 aromatic rings. The van der Waals surface area contributed by atoms with E-state index in [4.69, 9.17) is 16.4 Å². The zero-order chi connectivity index (χ0) is 36.8. The van der Waals surface area contributed by atoms with Gasteiger partial charge in [-0.15, -0.1) is 10.2 Å². The molecule has 1 amide bonds. The van der Waals surface area contributed by atoms with E-state index in [9.17, 15) is 13.6 Å².